The standard InChI is InChI=1S/C18H15ClF2N4O2/c19-12-2-1-11(9-13(12)20)14-5-8-25(18(26)27-14)17-15(21)16(23-24-17)10-3-6-22-7-4-10/h1-4,6-7,9,14-15,17,24H,5,8H2. The third kappa shape index (κ3) is 3.32. The van der Waals surface area contributed by atoms with Crippen LogP contribution < -0.4 is 5.43 Å². The number of aromatic nitrogens is 1. The lowest BCUT2D eigenvalue weighted by molar-refractivity contribution is -0.00119. The summed E-state index contributed by atoms with van der Waals surface area (Å²) in [5.74, 6) is -0.579. The van der Waals surface area contributed by atoms with Crippen LogP contribution in [0.15, 0.2) is 47.8 Å². The molecule has 1 saturated heterocycles. The van der Waals surface area contributed by atoms with E-state index in [-0.39, 0.29) is 17.3 Å². The number of amides is 1. The fourth-order valence-electron chi connectivity index (χ4n) is 3.18. The lowest BCUT2D eigenvalue weighted by Gasteiger charge is -2.36. The van der Waals surface area contributed by atoms with Crippen molar-refractivity contribution in [3.8, 4) is 0 Å². The number of halogens is 3. The monoisotopic (exact) mass is 392 g/mol. The molecule has 9 heteroatoms. The second kappa shape index (κ2) is 7.11. The summed E-state index contributed by atoms with van der Waals surface area (Å²) < 4.78 is 33.9. The van der Waals surface area contributed by atoms with E-state index >= 15 is 0 Å². The first-order chi connectivity index (χ1) is 13.0. The molecule has 1 N–H and O–H groups in total. The number of rotatable bonds is 3. The van der Waals surface area contributed by atoms with Crippen LogP contribution >= 0.6 is 11.6 Å². The van der Waals surface area contributed by atoms with E-state index in [2.05, 4.69) is 15.5 Å². The molecule has 27 heavy (non-hydrogen) atoms. The van der Waals surface area contributed by atoms with Crippen molar-refractivity contribution in [2.45, 2.75) is 24.9 Å². The quantitative estimate of drug-likeness (QED) is 0.869. The van der Waals surface area contributed by atoms with E-state index in [1.165, 1.54) is 17.0 Å². The molecule has 0 saturated carbocycles. The van der Waals surface area contributed by atoms with Crippen molar-refractivity contribution in [3.63, 3.8) is 0 Å². The molecule has 4 rings (SSSR count). The molecule has 6 nitrogen and oxygen atoms in total. The Morgan fingerprint density at radius 1 is 1.26 bits per heavy atom. The summed E-state index contributed by atoms with van der Waals surface area (Å²) in [6.45, 7) is 0.241. The van der Waals surface area contributed by atoms with Crippen molar-refractivity contribution in [1.29, 1.82) is 0 Å². The highest BCUT2D eigenvalue weighted by Crippen LogP contribution is 2.31. The number of hydrazone groups is 1. The third-order valence-electron chi connectivity index (χ3n) is 4.59. The molecule has 2 aromatic rings. The number of nitrogens with one attached hydrogen (secondary N) is 1. The number of ether oxygens (including phenoxy) is 1. The summed E-state index contributed by atoms with van der Waals surface area (Å²) in [5.41, 5.74) is 3.97. The molecule has 0 aliphatic carbocycles. The Kier molecular flexibility index (Phi) is 4.65. The van der Waals surface area contributed by atoms with Gasteiger partial charge in [0.15, 0.2) is 12.3 Å². The van der Waals surface area contributed by atoms with Gasteiger partial charge in [-0.25, -0.2) is 13.6 Å². The van der Waals surface area contributed by atoms with Crippen LogP contribution in [0.4, 0.5) is 13.6 Å². The van der Waals surface area contributed by atoms with E-state index in [9.17, 15) is 13.6 Å². The van der Waals surface area contributed by atoms with E-state index in [4.69, 9.17) is 16.3 Å². The summed E-state index contributed by atoms with van der Waals surface area (Å²) in [6.07, 6.45) is -0.282. The predicted octanol–water partition coefficient (Wildman–Crippen LogP) is 3.43. The minimum Gasteiger partial charge on any atom is -0.441 e. The molecule has 1 aromatic heterocycles. The Bertz CT molecular complexity index is 896. The van der Waals surface area contributed by atoms with Gasteiger partial charge in [-0.15, -0.1) is 0 Å². The normalized spacial score (nSPS) is 25.0. The number of carbonyl (C=O) groups excluding carboxylic acids is 1. The lowest BCUT2D eigenvalue weighted by atomic mass is 10.0. The van der Waals surface area contributed by atoms with Gasteiger partial charge in [0, 0.05) is 30.9 Å². The first-order valence-electron chi connectivity index (χ1n) is 8.34. The molecule has 1 aromatic carbocycles. The second-order valence-corrected chi connectivity index (χ2v) is 6.64. The summed E-state index contributed by atoms with van der Waals surface area (Å²) in [5, 5.41) is 4.03. The van der Waals surface area contributed by atoms with Gasteiger partial charge >= 0.3 is 6.09 Å². The number of hydrogen-bond acceptors (Lipinski definition) is 5. The summed E-state index contributed by atoms with van der Waals surface area (Å²) in [7, 11) is 0. The molecular formula is C18H15ClF2N4O2. The number of cyclic esters (lactones) is 1. The zero-order valence-corrected chi connectivity index (χ0v) is 14.7. The van der Waals surface area contributed by atoms with Gasteiger partial charge in [0.25, 0.3) is 0 Å². The lowest BCUT2D eigenvalue weighted by Crippen LogP contribution is -2.53. The summed E-state index contributed by atoms with van der Waals surface area (Å²) in [4.78, 5) is 17.6. The van der Waals surface area contributed by atoms with Gasteiger partial charge in [-0.3, -0.25) is 15.3 Å². The van der Waals surface area contributed by atoms with Gasteiger partial charge < -0.3 is 4.74 Å². The molecule has 0 bridgehead atoms. The summed E-state index contributed by atoms with van der Waals surface area (Å²) in [6, 6.07) is 7.56. The van der Waals surface area contributed by atoms with Gasteiger partial charge in [-0.2, -0.15) is 5.10 Å². The second-order valence-electron chi connectivity index (χ2n) is 6.24. The van der Waals surface area contributed by atoms with Gasteiger partial charge in [0.2, 0.25) is 0 Å². The highest BCUT2D eigenvalue weighted by molar-refractivity contribution is 6.30. The number of pyridine rings is 1. The van der Waals surface area contributed by atoms with Gasteiger partial charge in [-0.1, -0.05) is 17.7 Å². The average Bonchev–Trinajstić information content (AvgIpc) is 3.06. The number of carbonyl (C=O) groups is 1. The maximum absolute atomic E-state index is 14.9. The Balaban J connectivity index is 1.45. The van der Waals surface area contributed by atoms with E-state index < -0.39 is 30.4 Å². The molecule has 0 spiro atoms. The van der Waals surface area contributed by atoms with Crippen LogP contribution in [0.3, 0.4) is 0 Å². The molecule has 2 aliphatic rings. The maximum Gasteiger partial charge on any atom is 0.412 e. The molecule has 3 atom stereocenters. The first kappa shape index (κ1) is 17.7. The third-order valence-corrected chi connectivity index (χ3v) is 4.90. The smallest absolute Gasteiger partial charge is 0.412 e. The zero-order chi connectivity index (χ0) is 19.0. The number of nitrogens with zero attached hydrogens (tertiary/aromatic N) is 3. The first-order valence-corrected chi connectivity index (χ1v) is 8.72. The van der Waals surface area contributed by atoms with Crippen LogP contribution in [0.2, 0.25) is 5.02 Å². The Hall–Kier alpha value is -2.74. The number of benzene rings is 1. The molecular weight excluding hydrogens is 378 g/mol. The topological polar surface area (TPSA) is 66.8 Å². The van der Waals surface area contributed by atoms with Gasteiger partial charge in [0.05, 0.1) is 5.02 Å². The van der Waals surface area contributed by atoms with Crippen molar-refractivity contribution >= 4 is 23.4 Å². The predicted molar refractivity (Wildman–Crippen MR) is 94.5 cm³/mol. The highest BCUT2D eigenvalue weighted by Gasteiger charge is 2.42. The van der Waals surface area contributed by atoms with Crippen LogP contribution in [0, 0.1) is 5.82 Å². The molecule has 0 radical (unpaired) electrons. The number of alkyl halides is 1. The minimum absolute atomic E-state index is 0.00118. The highest BCUT2D eigenvalue weighted by atomic mass is 35.5. The number of hydrogen-bond donors (Lipinski definition) is 1. The van der Waals surface area contributed by atoms with Crippen LogP contribution in [0.25, 0.3) is 0 Å². The van der Waals surface area contributed by atoms with E-state index in [0.717, 1.165) is 0 Å². The van der Waals surface area contributed by atoms with Crippen molar-refractivity contribution < 1.29 is 18.3 Å². The van der Waals surface area contributed by atoms with Gasteiger partial charge in [0.1, 0.15) is 17.6 Å². The SMILES string of the molecule is O=C1OC(c2ccc(Cl)c(F)c2)CCN1C1NN=C(c2ccncc2)C1F. The molecule has 3 heterocycles. The Labute approximate surface area is 158 Å². The zero-order valence-electron chi connectivity index (χ0n) is 14.0. The van der Waals surface area contributed by atoms with Crippen molar-refractivity contribution in [2.75, 3.05) is 6.54 Å². The molecule has 1 fully saturated rings. The van der Waals surface area contributed by atoms with E-state index in [1.807, 2.05) is 0 Å². The van der Waals surface area contributed by atoms with Crippen molar-refractivity contribution in [1.82, 2.24) is 15.3 Å². The van der Waals surface area contributed by atoms with Crippen molar-refractivity contribution in [2.24, 2.45) is 5.10 Å². The van der Waals surface area contributed by atoms with Crippen LogP contribution in [-0.2, 0) is 4.74 Å². The van der Waals surface area contributed by atoms with Crippen LogP contribution in [-0.4, -0.2) is 40.6 Å². The molecule has 2 aliphatic heterocycles. The molecule has 140 valence electrons. The largest absolute Gasteiger partial charge is 0.441 e. The fraction of sp³-hybridized carbons (Fsp3) is 0.278. The Morgan fingerprint density at radius 2 is 2.04 bits per heavy atom. The molecule has 3 unspecified atom stereocenters. The van der Waals surface area contributed by atoms with Gasteiger partial charge in [-0.05, 0) is 29.8 Å². The van der Waals surface area contributed by atoms with E-state index in [0.29, 0.717) is 17.5 Å². The van der Waals surface area contributed by atoms with Crippen molar-refractivity contribution in [3.05, 3.63) is 64.7 Å². The average molecular weight is 393 g/mol. The Morgan fingerprint density at radius 3 is 2.74 bits per heavy atom. The maximum atomic E-state index is 14.9. The molecule has 1 amide bonds. The van der Waals surface area contributed by atoms with Crippen LogP contribution in [0.1, 0.15) is 23.7 Å². The minimum atomic E-state index is -1.51. The summed E-state index contributed by atoms with van der Waals surface area (Å²) >= 11 is 5.68. The van der Waals surface area contributed by atoms with Crippen LogP contribution in [0.5, 0.6) is 0 Å². The van der Waals surface area contributed by atoms with E-state index in [1.54, 1.807) is 30.6 Å². The fourth-order valence-corrected chi connectivity index (χ4v) is 3.30.